The number of methoxy groups -OCH3 is 2. The van der Waals surface area contributed by atoms with E-state index in [-0.39, 0.29) is 11.3 Å². The lowest BCUT2D eigenvalue weighted by Gasteiger charge is -2.12. The minimum absolute atomic E-state index is 0.0740. The number of rotatable bonds is 4. The van der Waals surface area contributed by atoms with Crippen molar-refractivity contribution in [2.24, 2.45) is 0 Å². The van der Waals surface area contributed by atoms with Crippen molar-refractivity contribution in [1.82, 2.24) is 0 Å². The van der Waals surface area contributed by atoms with Crippen molar-refractivity contribution in [2.75, 3.05) is 14.2 Å². The zero-order chi connectivity index (χ0) is 12.3. The van der Waals surface area contributed by atoms with E-state index in [9.17, 15) is 13.6 Å². The summed E-state index contributed by atoms with van der Waals surface area (Å²) < 4.78 is 35.3. The molecule has 0 spiro atoms. The van der Waals surface area contributed by atoms with Gasteiger partial charge >= 0.3 is 4.83 Å². The van der Waals surface area contributed by atoms with E-state index in [0.29, 0.717) is 5.75 Å². The molecule has 0 unspecified atom stereocenters. The zero-order valence-corrected chi connectivity index (χ0v) is 10.2. The van der Waals surface area contributed by atoms with Crippen LogP contribution in [0.15, 0.2) is 18.2 Å². The molecule has 0 aliphatic heterocycles. The maximum Gasteiger partial charge on any atom is 0.363 e. The van der Waals surface area contributed by atoms with Crippen LogP contribution in [0.1, 0.15) is 10.4 Å². The average molecular weight is 295 g/mol. The summed E-state index contributed by atoms with van der Waals surface area (Å²) in [5.74, 6) is -0.992. The van der Waals surface area contributed by atoms with Crippen molar-refractivity contribution < 1.29 is 23.0 Å². The topological polar surface area (TPSA) is 35.5 Å². The third kappa shape index (κ3) is 2.69. The standard InChI is InChI=1S/C10H9BrF2O3/c1-15-6-3-4-8(16-2)7(5-6)9(14)10(11,12)13/h3-5H,1-2H3. The molecule has 0 aliphatic carbocycles. The van der Waals surface area contributed by atoms with E-state index in [1.54, 1.807) is 0 Å². The highest BCUT2D eigenvalue weighted by atomic mass is 79.9. The van der Waals surface area contributed by atoms with Crippen LogP contribution in [0.2, 0.25) is 0 Å². The van der Waals surface area contributed by atoms with Crippen molar-refractivity contribution in [1.29, 1.82) is 0 Å². The number of ketones is 1. The molecule has 0 saturated heterocycles. The van der Waals surface area contributed by atoms with E-state index >= 15 is 0 Å². The first kappa shape index (κ1) is 12.9. The van der Waals surface area contributed by atoms with Gasteiger partial charge in [-0.25, -0.2) is 0 Å². The highest BCUT2D eigenvalue weighted by Gasteiger charge is 2.37. The van der Waals surface area contributed by atoms with E-state index in [0.717, 1.165) is 0 Å². The van der Waals surface area contributed by atoms with Gasteiger partial charge in [-0.05, 0) is 34.1 Å². The number of carbonyl (C=O) groups is 1. The highest BCUT2D eigenvalue weighted by molar-refractivity contribution is 9.10. The van der Waals surface area contributed by atoms with Gasteiger partial charge in [0, 0.05) is 0 Å². The van der Waals surface area contributed by atoms with Crippen molar-refractivity contribution >= 4 is 21.7 Å². The maximum atomic E-state index is 12.8. The summed E-state index contributed by atoms with van der Waals surface area (Å²) in [6.45, 7) is 0. The van der Waals surface area contributed by atoms with Gasteiger partial charge in [-0.3, -0.25) is 4.79 Å². The third-order valence-electron chi connectivity index (χ3n) is 1.91. The van der Waals surface area contributed by atoms with Crippen molar-refractivity contribution in [3.8, 4) is 11.5 Å². The van der Waals surface area contributed by atoms with Gasteiger partial charge in [0.2, 0.25) is 5.78 Å². The summed E-state index contributed by atoms with van der Waals surface area (Å²) in [4.78, 5) is 7.76. The molecule has 0 aliphatic rings. The molecular weight excluding hydrogens is 286 g/mol. The van der Waals surface area contributed by atoms with Crippen molar-refractivity contribution in [3.05, 3.63) is 23.8 Å². The Hall–Kier alpha value is -1.17. The average Bonchev–Trinajstić information content (AvgIpc) is 2.25. The largest absolute Gasteiger partial charge is 0.497 e. The number of hydrogen-bond acceptors (Lipinski definition) is 3. The minimum atomic E-state index is -3.62. The molecule has 16 heavy (non-hydrogen) atoms. The van der Waals surface area contributed by atoms with E-state index in [1.165, 1.54) is 32.4 Å². The molecule has 0 aromatic heterocycles. The van der Waals surface area contributed by atoms with Gasteiger partial charge in [0.05, 0.1) is 19.8 Å². The zero-order valence-electron chi connectivity index (χ0n) is 8.59. The van der Waals surface area contributed by atoms with Gasteiger partial charge in [-0.15, -0.1) is 0 Å². The fraction of sp³-hybridized carbons (Fsp3) is 0.300. The van der Waals surface area contributed by atoms with Gasteiger partial charge in [-0.1, -0.05) is 0 Å². The maximum absolute atomic E-state index is 12.8. The van der Waals surface area contributed by atoms with Crippen LogP contribution in [0.25, 0.3) is 0 Å². The van der Waals surface area contributed by atoms with Crippen LogP contribution in [0.4, 0.5) is 8.78 Å². The van der Waals surface area contributed by atoms with Gasteiger partial charge in [0.1, 0.15) is 11.5 Å². The molecule has 1 aromatic carbocycles. The molecule has 0 atom stereocenters. The second kappa shape index (κ2) is 4.78. The lowest BCUT2D eigenvalue weighted by atomic mass is 10.1. The number of halogens is 3. The van der Waals surface area contributed by atoms with Crippen molar-refractivity contribution in [3.63, 3.8) is 0 Å². The second-order valence-corrected chi connectivity index (χ2v) is 3.89. The molecule has 0 saturated carbocycles. The van der Waals surface area contributed by atoms with E-state index in [4.69, 9.17) is 9.47 Å². The number of alkyl halides is 3. The van der Waals surface area contributed by atoms with Crippen LogP contribution in [0.3, 0.4) is 0 Å². The second-order valence-electron chi connectivity index (χ2n) is 2.89. The molecule has 1 aromatic rings. The normalized spacial score (nSPS) is 11.1. The van der Waals surface area contributed by atoms with Gasteiger partial charge in [0.15, 0.2) is 0 Å². The monoisotopic (exact) mass is 294 g/mol. The summed E-state index contributed by atoms with van der Waals surface area (Å²) in [7, 11) is 2.67. The number of ether oxygens (including phenoxy) is 2. The van der Waals surface area contributed by atoms with Crippen LogP contribution < -0.4 is 9.47 Å². The number of benzene rings is 1. The quantitative estimate of drug-likeness (QED) is 0.633. The SMILES string of the molecule is COc1ccc(OC)c(C(=O)C(F)(F)Br)c1. The molecule has 0 fully saturated rings. The lowest BCUT2D eigenvalue weighted by Crippen LogP contribution is -2.21. The molecular formula is C10H9BrF2O3. The first-order valence-electron chi connectivity index (χ1n) is 4.23. The number of carbonyl (C=O) groups excluding carboxylic acids is 1. The molecule has 0 heterocycles. The number of hydrogen-bond donors (Lipinski definition) is 0. The highest BCUT2D eigenvalue weighted by Crippen LogP contribution is 2.32. The predicted molar refractivity (Wildman–Crippen MR) is 57.8 cm³/mol. The van der Waals surface area contributed by atoms with Crippen LogP contribution in [-0.2, 0) is 0 Å². The molecule has 0 bridgehead atoms. The van der Waals surface area contributed by atoms with E-state index in [2.05, 4.69) is 0 Å². The summed E-state index contributed by atoms with van der Waals surface area (Å²) >= 11 is 2.01. The van der Waals surface area contributed by atoms with Crippen molar-refractivity contribution in [2.45, 2.75) is 4.83 Å². The molecule has 0 radical (unpaired) electrons. The third-order valence-corrected chi connectivity index (χ3v) is 2.27. The molecule has 0 N–H and O–H groups in total. The van der Waals surface area contributed by atoms with Crippen LogP contribution in [0.5, 0.6) is 11.5 Å². The number of Topliss-reactive ketones (excluding diaryl/α,β-unsaturated/α-hetero) is 1. The molecule has 6 heteroatoms. The Balaban J connectivity index is 3.24. The first-order chi connectivity index (χ1) is 7.40. The Morgan fingerprint density at radius 2 is 1.94 bits per heavy atom. The Labute approximate surface area is 99.5 Å². The van der Waals surface area contributed by atoms with Gasteiger partial charge in [0.25, 0.3) is 0 Å². The van der Waals surface area contributed by atoms with Gasteiger partial charge in [-0.2, -0.15) is 8.78 Å². The van der Waals surface area contributed by atoms with Crippen LogP contribution in [0, 0.1) is 0 Å². The van der Waals surface area contributed by atoms with Crippen LogP contribution in [-0.4, -0.2) is 24.8 Å². The fourth-order valence-electron chi connectivity index (χ4n) is 1.14. The summed E-state index contributed by atoms with van der Waals surface area (Å²) in [6.07, 6.45) is 0. The van der Waals surface area contributed by atoms with Crippen LogP contribution >= 0.6 is 15.9 Å². The summed E-state index contributed by atoms with van der Waals surface area (Å²) in [6, 6.07) is 4.11. The predicted octanol–water partition coefficient (Wildman–Crippen LogP) is 2.87. The Morgan fingerprint density at radius 3 is 2.38 bits per heavy atom. The Kier molecular flexibility index (Phi) is 3.85. The van der Waals surface area contributed by atoms with E-state index < -0.39 is 10.6 Å². The smallest absolute Gasteiger partial charge is 0.363 e. The fourth-order valence-corrected chi connectivity index (χ4v) is 1.36. The summed E-state index contributed by atoms with van der Waals surface area (Å²) in [5.41, 5.74) is -0.233. The molecule has 1 rings (SSSR count). The first-order valence-corrected chi connectivity index (χ1v) is 5.03. The molecule has 0 amide bonds. The van der Waals surface area contributed by atoms with E-state index in [1.807, 2.05) is 15.9 Å². The summed E-state index contributed by atoms with van der Waals surface area (Å²) in [5, 5.41) is 0. The molecule has 3 nitrogen and oxygen atoms in total. The molecule has 88 valence electrons. The minimum Gasteiger partial charge on any atom is -0.497 e. The van der Waals surface area contributed by atoms with Gasteiger partial charge < -0.3 is 9.47 Å². The Bertz CT molecular complexity index is 402. The lowest BCUT2D eigenvalue weighted by molar-refractivity contribution is 0.0589. The Morgan fingerprint density at radius 1 is 1.31 bits per heavy atom.